The summed E-state index contributed by atoms with van der Waals surface area (Å²) in [5.74, 6) is 0.459. The van der Waals surface area contributed by atoms with Gasteiger partial charge in [-0.3, -0.25) is 14.5 Å². The SMILES string of the molecule is CCC(CNC(=O)CN1CCN(C(=O)c2ccccc2)CC1)c1ccccc1. The molecule has 148 valence electrons. The molecule has 1 unspecified atom stereocenters. The molecule has 2 aromatic rings. The summed E-state index contributed by atoms with van der Waals surface area (Å²) in [6.07, 6.45) is 0.991. The first kappa shape index (κ1) is 20.1. The highest BCUT2D eigenvalue weighted by Crippen LogP contribution is 2.18. The second kappa shape index (κ2) is 10.0. The molecule has 1 atom stereocenters. The van der Waals surface area contributed by atoms with Gasteiger partial charge in [-0.1, -0.05) is 55.5 Å². The number of benzene rings is 2. The van der Waals surface area contributed by atoms with Crippen LogP contribution in [0.2, 0.25) is 0 Å². The molecule has 0 aliphatic carbocycles. The maximum Gasteiger partial charge on any atom is 0.253 e. The zero-order valence-corrected chi connectivity index (χ0v) is 16.5. The molecule has 0 bridgehead atoms. The lowest BCUT2D eigenvalue weighted by atomic mass is 9.96. The maximum absolute atomic E-state index is 12.5. The van der Waals surface area contributed by atoms with Crippen LogP contribution >= 0.6 is 0 Å². The number of amides is 2. The van der Waals surface area contributed by atoms with E-state index in [2.05, 4.69) is 29.3 Å². The van der Waals surface area contributed by atoms with Gasteiger partial charge in [0.2, 0.25) is 5.91 Å². The summed E-state index contributed by atoms with van der Waals surface area (Å²) in [5, 5.41) is 3.08. The van der Waals surface area contributed by atoms with Gasteiger partial charge in [0.05, 0.1) is 6.54 Å². The largest absolute Gasteiger partial charge is 0.354 e. The topological polar surface area (TPSA) is 52.7 Å². The first-order valence-corrected chi connectivity index (χ1v) is 10.1. The van der Waals surface area contributed by atoms with Gasteiger partial charge in [0.15, 0.2) is 0 Å². The maximum atomic E-state index is 12.5. The molecule has 0 spiro atoms. The van der Waals surface area contributed by atoms with E-state index in [1.165, 1.54) is 5.56 Å². The number of hydrogen-bond donors (Lipinski definition) is 1. The third kappa shape index (κ3) is 5.42. The van der Waals surface area contributed by atoms with E-state index in [1.807, 2.05) is 53.4 Å². The number of carbonyl (C=O) groups is 2. The molecule has 1 heterocycles. The highest BCUT2D eigenvalue weighted by atomic mass is 16.2. The summed E-state index contributed by atoms with van der Waals surface area (Å²) >= 11 is 0. The highest BCUT2D eigenvalue weighted by Gasteiger charge is 2.23. The van der Waals surface area contributed by atoms with Crippen LogP contribution in [0, 0.1) is 0 Å². The van der Waals surface area contributed by atoms with E-state index in [4.69, 9.17) is 0 Å². The summed E-state index contributed by atoms with van der Waals surface area (Å²) in [4.78, 5) is 28.9. The molecule has 0 radical (unpaired) electrons. The normalized spacial score (nSPS) is 15.8. The molecule has 1 saturated heterocycles. The standard InChI is InChI=1S/C23H29N3O2/c1-2-19(20-9-5-3-6-10-20)17-24-22(27)18-25-13-15-26(16-14-25)23(28)21-11-7-4-8-12-21/h3-12,19H,2,13-18H2,1H3,(H,24,27). The van der Waals surface area contributed by atoms with Gasteiger partial charge in [-0.05, 0) is 24.1 Å². The van der Waals surface area contributed by atoms with Crippen molar-refractivity contribution in [1.29, 1.82) is 0 Å². The van der Waals surface area contributed by atoms with Gasteiger partial charge in [-0.25, -0.2) is 0 Å². The molecule has 0 saturated carbocycles. The summed E-state index contributed by atoms with van der Waals surface area (Å²) in [5.41, 5.74) is 1.98. The Hall–Kier alpha value is -2.66. The van der Waals surface area contributed by atoms with Gasteiger partial charge in [-0.15, -0.1) is 0 Å². The molecule has 2 amide bonds. The van der Waals surface area contributed by atoms with E-state index in [0.29, 0.717) is 32.1 Å². The predicted octanol–water partition coefficient (Wildman–Crippen LogP) is 2.75. The zero-order valence-electron chi connectivity index (χ0n) is 16.5. The minimum absolute atomic E-state index is 0.0530. The second-order valence-corrected chi connectivity index (χ2v) is 7.25. The molecule has 2 aromatic carbocycles. The lowest BCUT2D eigenvalue weighted by Gasteiger charge is -2.34. The zero-order chi connectivity index (χ0) is 19.8. The van der Waals surface area contributed by atoms with Gasteiger partial charge in [0, 0.05) is 44.2 Å². The van der Waals surface area contributed by atoms with Gasteiger partial charge >= 0.3 is 0 Å². The number of hydrogen-bond acceptors (Lipinski definition) is 3. The van der Waals surface area contributed by atoms with Gasteiger partial charge in [-0.2, -0.15) is 0 Å². The average molecular weight is 380 g/mol. The lowest BCUT2D eigenvalue weighted by molar-refractivity contribution is -0.122. The Labute approximate surface area is 167 Å². The van der Waals surface area contributed by atoms with E-state index in [1.54, 1.807) is 0 Å². The van der Waals surface area contributed by atoms with Crippen LogP contribution < -0.4 is 5.32 Å². The van der Waals surface area contributed by atoms with Crippen LogP contribution in [0.5, 0.6) is 0 Å². The van der Waals surface area contributed by atoms with Gasteiger partial charge < -0.3 is 10.2 Å². The quantitative estimate of drug-likeness (QED) is 0.805. The fourth-order valence-corrected chi connectivity index (χ4v) is 3.59. The molecule has 1 aliphatic rings. The van der Waals surface area contributed by atoms with Gasteiger partial charge in [0.1, 0.15) is 0 Å². The minimum Gasteiger partial charge on any atom is -0.354 e. The molecule has 5 nitrogen and oxygen atoms in total. The summed E-state index contributed by atoms with van der Waals surface area (Å²) in [6.45, 7) is 5.95. The Bertz CT molecular complexity index is 756. The Kier molecular flexibility index (Phi) is 7.20. The van der Waals surface area contributed by atoms with Crippen molar-refractivity contribution in [1.82, 2.24) is 15.1 Å². The molecule has 0 aromatic heterocycles. The molecule has 3 rings (SSSR count). The van der Waals surface area contributed by atoms with Crippen molar-refractivity contribution in [3.8, 4) is 0 Å². The summed E-state index contributed by atoms with van der Waals surface area (Å²) in [7, 11) is 0. The van der Waals surface area contributed by atoms with Crippen molar-refractivity contribution in [3.05, 3.63) is 71.8 Å². The Morgan fingerprint density at radius 1 is 0.929 bits per heavy atom. The van der Waals surface area contributed by atoms with E-state index in [9.17, 15) is 9.59 Å². The van der Waals surface area contributed by atoms with Crippen LogP contribution in [-0.2, 0) is 4.79 Å². The van der Waals surface area contributed by atoms with Crippen LogP contribution in [-0.4, -0.2) is 60.9 Å². The van der Waals surface area contributed by atoms with Crippen molar-refractivity contribution >= 4 is 11.8 Å². The van der Waals surface area contributed by atoms with Crippen molar-refractivity contribution in [2.24, 2.45) is 0 Å². The monoisotopic (exact) mass is 379 g/mol. The Morgan fingerprint density at radius 3 is 2.14 bits per heavy atom. The first-order chi connectivity index (χ1) is 13.7. The number of nitrogens with zero attached hydrogens (tertiary/aromatic N) is 2. The predicted molar refractivity (Wildman–Crippen MR) is 111 cm³/mol. The molecular formula is C23H29N3O2. The number of rotatable bonds is 7. The Balaban J connectivity index is 1.42. The van der Waals surface area contributed by atoms with Crippen LogP contribution in [0.3, 0.4) is 0 Å². The van der Waals surface area contributed by atoms with Crippen LogP contribution in [0.25, 0.3) is 0 Å². The van der Waals surface area contributed by atoms with Crippen molar-refractivity contribution in [3.63, 3.8) is 0 Å². The summed E-state index contributed by atoms with van der Waals surface area (Å²) in [6, 6.07) is 19.7. The molecule has 1 N–H and O–H groups in total. The fourth-order valence-electron chi connectivity index (χ4n) is 3.59. The fraction of sp³-hybridized carbons (Fsp3) is 0.391. The molecular weight excluding hydrogens is 350 g/mol. The van der Waals surface area contributed by atoms with Crippen molar-refractivity contribution in [2.75, 3.05) is 39.3 Å². The van der Waals surface area contributed by atoms with E-state index >= 15 is 0 Å². The summed E-state index contributed by atoms with van der Waals surface area (Å²) < 4.78 is 0. The first-order valence-electron chi connectivity index (χ1n) is 10.1. The molecule has 1 aliphatic heterocycles. The average Bonchev–Trinajstić information content (AvgIpc) is 2.75. The van der Waals surface area contributed by atoms with Crippen LogP contribution in [0.4, 0.5) is 0 Å². The van der Waals surface area contributed by atoms with Crippen LogP contribution in [0.15, 0.2) is 60.7 Å². The third-order valence-electron chi connectivity index (χ3n) is 5.36. The minimum atomic E-state index is 0.0530. The molecule has 28 heavy (non-hydrogen) atoms. The number of carbonyl (C=O) groups excluding carboxylic acids is 2. The number of piperazine rings is 1. The number of nitrogens with one attached hydrogen (secondary N) is 1. The smallest absolute Gasteiger partial charge is 0.253 e. The highest BCUT2D eigenvalue weighted by molar-refractivity contribution is 5.94. The van der Waals surface area contributed by atoms with Crippen molar-refractivity contribution < 1.29 is 9.59 Å². The van der Waals surface area contributed by atoms with Gasteiger partial charge in [0.25, 0.3) is 5.91 Å². The van der Waals surface area contributed by atoms with E-state index in [0.717, 1.165) is 25.1 Å². The third-order valence-corrected chi connectivity index (χ3v) is 5.36. The van der Waals surface area contributed by atoms with E-state index in [-0.39, 0.29) is 11.8 Å². The second-order valence-electron chi connectivity index (χ2n) is 7.25. The Morgan fingerprint density at radius 2 is 1.54 bits per heavy atom. The van der Waals surface area contributed by atoms with Crippen molar-refractivity contribution in [2.45, 2.75) is 19.3 Å². The van der Waals surface area contributed by atoms with Crippen LogP contribution in [0.1, 0.15) is 35.2 Å². The van der Waals surface area contributed by atoms with E-state index < -0.39 is 0 Å². The lowest BCUT2D eigenvalue weighted by Crippen LogP contribution is -2.51. The molecule has 5 heteroatoms. The molecule has 1 fully saturated rings.